The summed E-state index contributed by atoms with van der Waals surface area (Å²) in [5, 5.41) is 20.5. The van der Waals surface area contributed by atoms with Crippen molar-refractivity contribution in [2.24, 2.45) is 5.92 Å². The van der Waals surface area contributed by atoms with Gasteiger partial charge in [-0.15, -0.1) is 0 Å². The van der Waals surface area contributed by atoms with Crippen LogP contribution in [-0.4, -0.2) is 36.5 Å². The first-order chi connectivity index (χ1) is 4.22. The topological polar surface area (TPSA) is 52.5 Å². The van der Waals surface area contributed by atoms with Crippen LogP contribution in [0.25, 0.3) is 0 Å². The molecule has 3 heteroatoms. The number of hydrogen-bond donors (Lipinski definition) is 3. The summed E-state index contributed by atoms with van der Waals surface area (Å²) in [6, 6.07) is 0. The van der Waals surface area contributed by atoms with E-state index in [1.165, 1.54) is 0 Å². The van der Waals surface area contributed by atoms with Crippen molar-refractivity contribution < 1.29 is 10.2 Å². The normalized spacial score (nSPS) is 17.3. The maximum atomic E-state index is 8.94. The molecular formula is C6H15NO2. The largest absolute Gasteiger partial charge is 0.396 e. The maximum absolute atomic E-state index is 8.94. The molecule has 0 bridgehead atoms. The Labute approximate surface area is 55.7 Å². The van der Waals surface area contributed by atoms with Crippen molar-refractivity contribution in [2.75, 3.05) is 20.2 Å². The van der Waals surface area contributed by atoms with E-state index < -0.39 is 6.10 Å². The van der Waals surface area contributed by atoms with E-state index in [0.29, 0.717) is 6.54 Å². The molecule has 2 unspecified atom stereocenters. The van der Waals surface area contributed by atoms with Crippen LogP contribution < -0.4 is 5.32 Å². The summed E-state index contributed by atoms with van der Waals surface area (Å²) in [4.78, 5) is 0. The summed E-state index contributed by atoms with van der Waals surface area (Å²) in [6.45, 7) is 2.38. The van der Waals surface area contributed by atoms with Gasteiger partial charge in [0.15, 0.2) is 0 Å². The second-order valence-corrected chi connectivity index (χ2v) is 2.24. The molecule has 0 aliphatic heterocycles. The molecule has 0 saturated carbocycles. The van der Waals surface area contributed by atoms with Crippen LogP contribution >= 0.6 is 0 Å². The average Bonchev–Trinajstić information content (AvgIpc) is 1.82. The number of rotatable bonds is 4. The molecule has 0 aromatic rings. The van der Waals surface area contributed by atoms with E-state index in [4.69, 9.17) is 10.2 Å². The molecule has 2 atom stereocenters. The van der Waals surface area contributed by atoms with Crippen LogP contribution in [0.1, 0.15) is 6.92 Å². The Morgan fingerprint density at radius 2 is 2.11 bits per heavy atom. The molecule has 3 N–H and O–H groups in total. The SMILES string of the molecule is CNCC(CO)C(C)O. The highest BCUT2D eigenvalue weighted by Gasteiger charge is 2.11. The molecule has 0 aromatic heterocycles. The van der Waals surface area contributed by atoms with Crippen LogP contribution in [0, 0.1) is 5.92 Å². The van der Waals surface area contributed by atoms with E-state index in [1.807, 2.05) is 0 Å². The molecule has 3 nitrogen and oxygen atoms in total. The Morgan fingerprint density at radius 1 is 1.56 bits per heavy atom. The fourth-order valence-electron chi connectivity index (χ4n) is 0.650. The molecule has 0 radical (unpaired) electrons. The number of nitrogens with one attached hydrogen (secondary N) is 1. The standard InChI is InChI=1S/C6H15NO2/c1-5(9)6(4-8)3-7-2/h5-9H,3-4H2,1-2H3. The molecule has 0 rings (SSSR count). The summed E-state index contributed by atoms with van der Waals surface area (Å²) in [5.41, 5.74) is 0. The zero-order valence-electron chi connectivity index (χ0n) is 5.96. The van der Waals surface area contributed by atoms with Crippen molar-refractivity contribution in [2.45, 2.75) is 13.0 Å². The van der Waals surface area contributed by atoms with Gasteiger partial charge in [0.05, 0.1) is 6.10 Å². The first-order valence-electron chi connectivity index (χ1n) is 3.16. The minimum Gasteiger partial charge on any atom is -0.396 e. The van der Waals surface area contributed by atoms with Gasteiger partial charge in [0.2, 0.25) is 0 Å². The Kier molecular flexibility index (Phi) is 4.67. The van der Waals surface area contributed by atoms with E-state index in [9.17, 15) is 0 Å². The smallest absolute Gasteiger partial charge is 0.0574 e. The Hall–Kier alpha value is -0.120. The molecule has 0 spiro atoms. The molecule has 0 aromatic carbocycles. The van der Waals surface area contributed by atoms with Crippen LogP contribution in [0.15, 0.2) is 0 Å². The van der Waals surface area contributed by atoms with Gasteiger partial charge in [0, 0.05) is 19.1 Å². The third kappa shape index (κ3) is 3.46. The van der Waals surface area contributed by atoms with Crippen LogP contribution in [0.3, 0.4) is 0 Å². The van der Waals surface area contributed by atoms with Gasteiger partial charge in [-0.25, -0.2) is 0 Å². The summed E-state index contributed by atoms with van der Waals surface area (Å²) >= 11 is 0. The predicted octanol–water partition coefficient (Wildman–Crippen LogP) is -0.805. The van der Waals surface area contributed by atoms with Gasteiger partial charge in [0.1, 0.15) is 0 Å². The van der Waals surface area contributed by atoms with Crippen molar-refractivity contribution in [1.82, 2.24) is 5.32 Å². The molecule has 0 saturated heterocycles. The van der Waals surface area contributed by atoms with Gasteiger partial charge in [-0.1, -0.05) is 0 Å². The minimum absolute atomic E-state index is 0.0324. The van der Waals surface area contributed by atoms with E-state index in [-0.39, 0.29) is 12.5 Å². The Bertz CT molecular complexity index is 66.1. The van der Waals surface area contributed by atoms with Gasteiger partial charge in [-0.3, -0.25) is 0 Å². The van der Waals surface area contributed by atoms with Crippen molar-refractivity contribution in [3.63, 3.8) is 0 Å². The lowest BCUT2D eigenvalue weighted by atomic mass is 10.1. The van der Waals surface area contributed by atoms with Crippen LogP contribution in [0.2, 0.25) is 0 Å². The van der Waals surface area contributed by atoms with Gasteiger partial charge < -0.3 is 15.5 Å². The highest BCUT2D eigenvalue weighted by Crippen LogP contribution is 1.99. The summed E-state index contributed by atoms with van der Waals surface area (Å²) in [5.74, 6) is -0.0324. The van der Waals surface area contributed by atoms with E-state index >= 15 is 0 Å². The fraction of sp³-hybridized carbons (Fsp3) is 1.00. The first-order valence-corrected chi connectivity index (χ1v) is 3.16. The lowest BCUT2D eigenvalue weighted by Gasteiger charge is -2.15. The quantitative estimate of drug-likeness (QED) is 0.470. The maximum Gasteiger partial charge on any atom is 0.0574 e. The van der Waals surface area contributed by atoms with Gasteiger partial charge in [-0.05, 0) is 14.0 Å². The summed E-state index contributed by atoms with van der Waals surface area (Å²) in [7, 11) is 1.80. The van der Waals surface area contributed by atoms with Crippen molar-refractivity contribution in [3.05, 3.63) is 0 Å². The second-order valence-electron chi connectivity index (χ2n) is 2.24. The highest BCUT2D eigenvalue weighted by atomic mass is 16.3. The zero-order valence-corrected chi connectivity index (χ0v) is 5.96. The molecule has 0 heterocycles. The van der Waals surface area contributed by atoms with Crippen LogP contribution in [-0.2, 0) is 0 Å². The zero-order chi connectivity index (χ0) is 7.28. The van der Waals surface area contributed by atoms with Crippen molar-refractivity contribution in [1.29, 1.82) is 0 Å². The molecule has 9 heavy (non-hydrogen) atoms. The second kappa shape index (κ2) is 4.73. The van der Waals surface area contributed by atoms with Gasteiger partial charge >= 0.3 is 0 Å². The third-order valence-electron chi connectivity index (χ3n) is 1.38. The van der Waals surface area contributed by atoms with Gasteiger partial charge in [-0.2, -0.15) is 0 Å². The number of aliphatic hydroxyl groups excluding tert-OH is 2. The molecule has 0 amide bonds. The lowest BCUT2D eigenvalue weighted by molar-refractivity contribution is 0.0816. The van der Waals surface area contributed by atoms with Crippen LogP contribution in [0.4, 0.5) is 0 Å². The Balaban J connectivity index is 3.41. The molecule has 0 fully saturated rings. The monoisotopic (exact) mass is 133 g/mol. The first kappa shape index (κ1) is 8.88. The average molecular weight is 133 g/mol. The summed E-state index contributed by atoms with van der Waals surface area (Å²) in [6.07, 6.45) is -0.428. The predicted molar refractivity (Wildman–Crippen MR) is 36.2 cm³/mol. The summed E-state index contributed by atoms with van der Waals surface area (Å²) < 4.78 is 0. The van der Waals surface area contributed by atoms with Crippen molar-refractivity contribution in [3.8, 4) is 0 Å². The molecular weight excluding hydrogens is 118 g/mol. The molecule has 56 valence electrons. The van der Waals surface area contributed by atoms with E-state index in [0.717, 1.165) is 0 Å². The highest BCUT2D eigenvalue weighted by molar-refractivity contribution is 4.64. The molecule has 0 aliphatic carbocycles. The lowest BCUT2D eigenvalue weighted by Crippen LogP contribution is -2.30. The van der Waals surface area contributed by atoms with Crippen LogP contribution in [0.5, 0.6) is 0 Å². The Morgan fingerprint density at radius 3 is 2.22 bits per heavy atom. The number of aliphatic hydroxyl groups is 2. The third-order valence-corrected chi connectivity index (χ3v) is 1.38. The van der Waals surface area contributed by atoms with E-state index in [1.54, 1.807) is 14.0 Å². The molecule has 0 aliphatic rings. The van der Waals surface area contributed by atoms with Crippen molar-refractivity contribution >= 4 is 0 Å². The van der Waals surface area contributed by atoms with Gasteiger partial charge in [0.25, 0.3) is 0 Å². The minimum atomic E-state index is -0.428. The van der Waals surface area contributed by atoms with E-state index in [2.05, 4.69) is 5.32 Å². The fourth-order valence-corrected chi connectivity index (χ4v) is 0.650. The number of hydrogen-bond acceptors (Lipinski definition) is 3.